The summed E-state index contributed by atoms with van der Waals surface area (Å²) >= 11 is 0. The molecule has 5 heteroatoms. The maximum Gasteiger partial charge on any atom is 0.337 e. The van der Waals surface area contributed by atoms with Crippen molar-refractivity contribution in [1.29, 1.82) is 0 Å². The van der Waals surface area contributed by atoms with E-state index in [2.05, 4.69) is 29.6 Å². The minimum atomic E-state index is -0.970. The number of para-hydroxylation sites is 1. The molecule has 36 heavy (non-hydrogen) atoms. The summed E-state index contributed by atoms with van der Waals surface area (Å²) in [5.74, 6) is 1.61. The number of hydrogen-bond acceptors (Lipinski definition) is 3. The lowest BCUT2D eigenvalue weighted by molar-refractivity contribution is -0.00518. The van der Waals surface area contributed by atoms with Crippen LogP contribution in [0.1, 0.15) is 64.8 Å². The zero-order valence-electron chi connectivity index (χ0n) is 20.6. The Hall–Kier alpha value is -3.60. The molecule has 4 bridgehead atoms. The van der Waals surface area contributed by atoms with E-state index in [1.807, 2.05) is 30.1 Å². The number of anilines is 3. The van der Waals surface area contributed by atoms with Gasteiger partial charge >= 0.3 is 5.97 Å². The van der Waals surface area contributed by atoms with Crippen molar-refractivity contribution in [2.75, 3.05) is 17.3 Å². The van der Waals surface area contributed by atoms with Crippen molar-refractivity contribution < 1.29 is 14.7 Å². The Morgan fingerprint density at radius 2 is 1.42 bits per heavy atom. The lowest BCUT2D eigenvalue weighted by atomic mass is 9.48. The van der Waals surface area contributed by atoms with Crippen molar-refractivity contribution in [3.8, 4) is 0 Å². The van der Waals surface area contributed by atoms with E-state index >= 15 is 0 Å². The highest BCUT2D eigenvalue weighted by atomic mass is 16.4. The summed E-state index contributed by atoms with van der Waals surface area (Å²) in [4.78, 5) is 26.3. The number of rotatable bonds is 6. The number of carbonyl (C=O) groups excluding carboxylic acids is 1. The Bertz CT molecular complexity index is 1260. The minimum Gasteiger partial charge on any atom is -0.478 e. The van der Waals surface area contributed by atoms with Crippen molar-refractivity contribution in [2.24, 2.45) is 17.8 Å². The molecule has 184 valence electrons. The smallest absolute Gasteiger partial charge is 0.337 e. The van der Waals surface area contributed by atoms with E-state index in [1.54, 1.807) is 30.3 Å². The summed E-state index contributed by atoms with van der Waals surface area (Å²) in [6.07, 6.45) is 8.32. The van der Waals surface area contributed by atoms with Crippen LogP contribution in [0, 0.1) is 17.8 Å². The Labute approximate surface area is 212 Å². The summed E-state index contributed by atoms with van der Waals surface area (Å²) in [6.45, 7) is 0. The molecular formula is C31H32N2O3. The highest BCUT2D eigenvalue weighted by Gasteiger charge is 2.51. The second-order valence-corrected chi connectivity index (χ2v) is 11.2. The molecule has 0 spiro atoms. The summed E-state index contributed by atoms with van der Waals surface area (Å²) in [7, 11) is 1.82. The van der Waals surface area contributed by atoms with Crippen LogP contribution in [0.15, 0.2) is 72.8 Å². The number of nitrogens with zero attached hydrogens (tertiary/aromatic N) is 1. The predicted octanol–water partition coefficient (Wildman–Crippen LogP) is 6.87. The number of nitrogens with one attached hydrogen (secondary N) is 1. The lowest BCUT2D eigenvalue weighted by Crippen LogP contribution is -2.48. The van der Waals surface area contributed by atoms with E-state index in [4.69, 9.17) is 0 Å². The molecule has 3 aromatic rings. The molecule has 0 aliphatic heterocycles. The number of aromatic carboxylic acids is 1. The number of amides is 1. The average Bonchev–Trinajstić information content (AvgIpc) is 2.88. The molecule has 5 nitrogen and oxygen atoms in total. The van der Waals surface area contributed by atoms with E-state index < -0.39 is 5.97 Å². The Morgan fingerprint density at radius 1 is 0.833 bits per heavy atom. The van der Waals surface area contributed by atoms with Crippen LogP contribution in [0.5, 0.6) is 0 Å². The Kier molecular flexibility index (Phi) is 5.59. The Morgan fingerprint density at radius 3 is 2.00 bits per heavy atom. The van der Waals surface area contributed by atoms with Gasteiger partial charge in [0, 0.05) is 24.0 Å². The molecule has 0 aromatic heterocycles. The lowest BCUT2D eigenvalue weighted by Gasteiger charge is -2.57. The standard InChI is InChI=1S/C31H32N2O3/c1-33(28-5-3-2-4-27(28)30(35)36)26-12-6-23(7-13-26)29(34)32-25-10-8-24(9-11-25)31-17-20-14-21(18-31)16-22(15-20)19-31/h2-13,20-22H,14-19H2,1H3,(H,32,34)(H,35,36). The fraction of sp³-hybridized carbons (Fsp3) is 0.355. The number of hydrogen-bond donors (Lipinski definition) is 2. The van der Waals surface area contributed by atoms with Gasteiger partial charge in [-0.25, -0.2) is 4.79 Å². The quantitative estimate of drug-likeness (QED) is 0.404. The normalized spacial score (nSPS) is 26.0. The van der Waals surface area contributed by atoms with Crippen molar-refractivity contribution >= 4 is 28.9 Å². The topological polar surface area (TPSA) is 69.6 Å². The van der Waals surface area contributed by atoms with Gasteiger partial charge in [0.05, 0.1) is 11.3 Å². The van der Waals surface area contributed by atoms with Crippen LogP contribution in [-0.2, 0) is 5.41 Å². The van der Waals surface area contributed by atoms with Crippen molar-refractivity contribution in [1.82, 2.24) is 0 Å². The van der Waals surface area contributed by atoms with E-state index in [0.29, 0.717) is 16.7 Å². The fourth-order valence-electron chi connectivity index (χ4n) is 7.50. The fourth-order valence-corrected chi connectivity index (χ4v) is 7.50. The molecule has 0 radical (unpaired) electrons. The minimum absolute atomic E-state index is 0.155. The van der Waals surface area contributed by atoms with Crippen molar-refractivity contribution in [3.63, 3.8) is 0 Å². The third-order valence-corrected chi connectivity index (χ3v) is 8.81. The molecule has 0 heterocycles. The molecule has 0 atom stereocenters. The van der Waals surface area contributed by atoms with Gasteiger partial charge < -0.3 is 15.3 Å². The van der Waals surface area contributed by atoms with E-state index in [-0.39, 0.29) is 11.5 Å². The summed E-state index contributed by atoms with van der Waals surface area (Å²) in [5.41, 5.74) is 4.82. The molecule has 7 rings (SSSR count). The van der Waals surface area contributed by atoms with E-state index in [0.717, 1.165) is 29.1 Å². The predicted molar refractivity (Wildman–Crippen MR) is 142 cm³/mol. The van der Waals surface area contributed by atoms with Gasteiger partial charge in [0.15, 0.2) is 0 Å². The molecule has 0 unspecified atom stereocenters. The molecule has 3 aromatic carbocycles. The van der Waals surface area contributed by atoms with E-state index in [9.17, 15) is 14.7 Å². The molecular weight excluding hydrogens is 448 g/mol. The first-order valence-electron chi connectivity index (χ1n) is 13.0. The third-order valence-electron chi connectivity index (χ3n) is 8.81. The largest absolute Gasteiger partial charge is 0.478 e. The van der Waals surface area contributed by atoms with Crippen LogP contribution in [0.25, 0.3) is 0 Å². The number of carbonyl (C=O) groups is 2. The second kappa shape index (κ2) is 8.81. The van der Waals surface area contributed by atoms with Crippen LogP contribution < -0.4 is 10.2 Å². The molecule has 2 N–H and O–H groups in total. The van der Waals surface area contributed by atoms with Crippen LogP contribution in [0.3, 0.4) is 0 Å². The van der Waals surface area contributed by atoms with Crippen LogP contribution in [0.2, 0.25) is 0 Å². The molecule has 4 saturated carbocycles. The second-order valence-electron chi connectivity index (χ2n) is 11.2. The van der Waals surface area contributed by atoms with Gasteiger partial charge in [-0.1, -0.05) is 24.3 Å². The van der Waals surface area contributed by atoms with Gasteiger partial charge in [-0.2, -0.15) is 0 Å². The molecule has 4 fully saturated rings. The maximum absolute atomic E-state index is 12.9. The zero-order chi connectivity index (χ0) is 24.9. The van der Waals surface area contributed by atoms with Crippen LogP contribution in [0.4, 0.5) is 17.1 Å². The summed E-state index contributed by atoms with van der Waals surface area (Å²) in [6, 6.07) is 22.7. The van der Waals surface area contributed by atoms with Crippen LogP contribution >= 0.6 is 0 Å². The van der Waals surface area contributed by atoms with Gasteiger partial charge in [0.2, 0.25) is 0 Å². The van der Waals surface area contributed by atoms with Gasteiger partial charge in [-0.05, 0) is 116 Å². The Balaban J connectivity index is 1.14. The highest BCUT2D eigenvalue weighted by molar-refractivity contribution is 6.04. The first-order valence-corrected chi connectivity index (χ1v) is 13.0. The van der Waals surface area contributed by atoms with Gasteiger partial charge in [0.1, 0.15) is 0 Å². The maximum atomic E-state index is 12.9. The molecule has 4 aliphatic carbocycles. The summed E-state index contributed by atoms with van der Waals surface area (Å²) in [5, 5.41) is 12.5. The highest BCUT2D eigenvalue weighted by Crippen LogP contribution is 2.60. The first-order chi connectivity index (χ1) is 17.4. The molecule has 1 amide bonds. The SMILES string of the molecule is CN(c1ccc(C(=O)Nc2ccc(C34CC5CC(CC(C5)C3)C4)cc2)cc1)c1ccccc1C(=O)O. The van der Waals surface area contributed by atoms with Gasteiger partial charge in [-0.3, -0.25) is 4.79 Å². The third kappa shape index (κ3) is 4.06. The monoisotopic (exact) mass is 480 g/mol. The molecule has 0 saturated heterocycles. The number of carboxylic acid groups (broad SMARTS) is 1. The zero-order valence-corrected chi connectivity index (χ0v) is 20.6. The van der Waals surface area contributed by atoms with Crippen molar-refractivity contribution in [3.05, 3.63) is 89.5 Å². The average molecular weight is 481 g/mol. The van der Waals surface area contributed by atoms with Crippen LogP contribution in [-0.4, -0.2) is 24.0 Å². The number of carboxylic acids is 1. The molecule has 4 aliphatic rings. The van der Waals surface area contributed by atoms with Crippen molar-refractivity contribution in [2.45, 2.75) is 43.9 Å². The summed E-state index contributed by atoms with van der Waals surface area (Å²) < 4.78 is 0. The first kappa shape index (κ1) is 22.8. The number of benzene rings is 3. The van der Waals surface area contributed by atoms with Gasteiger partial charge in [-0.15, -0.1) is 0 Å². The van der Waals surface area contributed by atoms with E-state index in [1.165, 1.54) is 44.1 Å². The van der Waals surface area contributed by atoms with Gasteiger partial charge in [0.25, 0.3) is 5.91 Å².